The quantitative estimate of drug-likeness (QED) is 0.416. The van der Waals surface area contributed by atoms with E-state index in [1.165, 1.54) is 24.2 Å². The fraction of sp³-hybridized carbons (Fsp3) is 0.526. The SMILES string of the molecule is CCCCCCC#CN(C(=O)OC(C)(C)C)c1ccccc1. The van der Waals surface area contributed by atoms with Gasteiger partial charge in [0.15, 0.2) is 0 Å². The van der Waals surface area contributed by atoms with E-state index in [1.807, 2.05) is 51.1 Å². The molecule has 22 heavy (non-hydrogen) atoms. The summed E-state index contributed by atoms with van der Waals surface area (Å²) in [6.45, 7) is 7.75. The molecule has 0 aromatic heterocycles. The number of rotatable bonds is 5. The molecule has 1 amide bonds. The fourth-order valence-electron chi connectivity index (χ4n) is 1.88. The lowest BCUT2D eigenvalue weighted by Crippen LogP contribution is -2.33. The second-order valence-corrected chi connectivity index (χ2v) is 6.25. The molecule has 0 unspecified atom stereocenters. The highest BCUT2D eigenvalue weighted by Crippen LogP contribution is 2.17. The summed E-state index contributed by atoms with van der Waals surface area (Å²) in [6, 6.07) is 12.3. The summed E-state index contributed by atoms with van der Waals surface area (Å²) in [4.78, 5) is 13.7. The Morgan fingerprint density at radius 3 is 2.41 bits per heavy atom. The zero-order chi connectivity index (χ0) is 16.4. The van der Waals surface area contributed by atoms with Gasteiger partial charge in [0.1, 0.15) is 5.60 Å². The van der Waals surface area contributed by atoms with Crippen LogP contribution in [0.1, 0.15) is 59.8 Å². The third-order valence-corrected chi connectivity index (χ3v) is 2.94. The average Bonchev–Trinajstić information content (AvgIpc) is 2.45. The highest BCUT2D eigenvalue weighted by atomic mass is 16.6. The Labute approximate surface area is 134 Å². The van der Waals surface area contributed by atoms with Gasteiger partial charge in [-0.25, -0.2) is 9.69 Å². The Bertz CT molecular complexity index is 506. The Morgan fingerprint density at radius 2 is 1.82 bits per heavy atom. The standard InChI is InChI=1S/C19H27NO2/c1-5-6-7-8-9-13-16-20(17-14-11-10-12-15-17)18(21)22-19(2,3)4/h10-12,14-15H,5-9H2,1-4H3. The molecule has 0 aliphatic heterocycles. The number of carbonyl (C=O) groups is 1. The Hall–Kier alpha value is -1.95. The molecule has 1 aromatic rings. The largest absolute Gasteiger partial charge is 0.443 e. The highest BCUT2D eigenvalue weighted by Gasteiger charge is 2.22. The molecule has 0 spiro atoms. The number of amides is 1. The first-order valence-corrected chi connectivity index (χ1v) is 8.00. The molecule has 3 heteroatoms. The number of hydrogen-bond donors (Lipinski definition) is 0. The molecule has 0 fully saturated rings. The number of nitrogens with zero attached hydrogens (tertiary/aromatic N) is 1. The second kappa shape index (κ2) is 9.15. The van der Waals surface area contributed by atoms with Gasteiger partial charge < -0.3 is 4.74 Å². The van der Waals surface area contributed by atoms with E-state index in [1.54, 1.807) is 0 Å². The molecule has 3 nitrogen and oxygen atoms in total. The lowest BCUT2D eigenvalue weighted by Gasteiger charge is -2.23. The number of unbranched alkanes of at least 4 members (excludes halogenated alkanes) is 4. The fourth-order valence-corrected chi connectivity index (χ4v) is 1.88. The first kappa shape index (κ1) is 18.1. The van der Waals surface area contributed by atoms with Crippen LogP contribution in [0.5, 0.6) is 0 Å². The second-order valence-electron chi connectivity index (χ2n) is 6.25. The van der Waals surface area contributed by atoms with Crippen molar-refractivity contribution in [3.63, 3.8) is 0 Å². The lowest BCUT2D eigenvalue weighted by atomic mass is 10.2. The summed E-state index contributed by atoms with van der Waals surface area (Å²) in [5.41, 5.74) is 0.199. The first-order valence-electron chi connectivity index (χ1n) is 8.00. The van der Waals surface area contributed by atoms with Gasteiger partial charge in [0.2, 0.25) is 0 Å². The van der Waals surface area contributed by atoms with Gasteiger partial charge in [0.25, 0.3) is 0 Å². The molecule has 0 N–H and O–H groups in total. The number of benzene rings is 1. The Kier molecular flexibility index (Phi) is 7.52. The molecule has 1 rings (SSSR count). The zero-order valence-corrected chi connectivity index (χ0v) is 14.2. The van der Waals surface area contributed by atoms with Crippen LogP contribution in [0.15, 0.2) is 30.3 Å². The molecule has 0 aliphatic rings. The smallest absolute Gasteiger partial charge is 0.426 e. The maximum Gasteiger partial charge on any atom is 0.426 e. The van der Waals surface area contributed by atoms with Gasteiger partial charge in [0, 0.05) is 12.5 Å². The van der Waals surface area contributed by atoms with Gasteiger partial charge in [-0.2, -0.15) is 0 Å². The van der Waals surface area contributed by atoms with E-state index in [4.69, 9.17) is 4.74 Å². The van der Waals surface area contributed by atoms with Crippen molar-refractivity contribution in [2.45, 2.75) is 65.4 Å². The Balaban J connectivity index is 2.76. The van der Waals surface area contributed by atoms with E-state index in [9.17, 15) is 4.79 Å². The van der Waals surface area contributed by atoms with Gasteiger partial charge in [0.05, 0.1) is 5.69 Å². The molecule has 0 saturated carbocycles. The minimum absolute atomic E-state index is 0.431. The molecule has 0 aliphatic carbocycles. The van der Waals surface area contributed by atoms with Crippen LogP contribution in [0, 0.1) is 12.0 Å². The molecule has 0 heterocycles. The number of hydrogen-bond acceptors (Lipinski definition) is 2. The molecule has 0 bridgehead atoms. The van der Waals surface area contributed by atoms with Gasteiger partial charge >= 0.3 is 6.09 Å². The molecular formula is C19H27NO2. The van der Waals surface area contributed by atoms with Crippen molar-refractivity contribution in [2.24, 2.45) is 0 Å². The number of para-hydroxylation sites is 1. The maximum atomic E-state index is 12.3. The molecule has 1 aromatic carbocycles. The third kappa shape index (κ3) is 7.17. The maximum absolute atomic E-state index is 12.3. The van der Waals surface area contributed by atoms with Crippen LogP contribution >= 0.6 is 0 Å². The molecule has 120 valence electrons. The van der Waals surface area contributed by atoms with Crippen molar-refractivity contribution in [3.8, 4) is 12.0 Å². The van der Waals surface area contributed by atoms with E-state index in [-0.39, 0.29) is 0 Å². The summed E-state index contributed by atoms with van der Waals surface area (Å²) < 4.78 is 5.43. The van der Waals surface area contributed by atoms with Crippen molar-refractivity contribution in [3.05, 3.63) is 30.3 Å². The van der Waals surface area contributed by atoms with E-state index < -0.39 is 11.7 Å². The molecule has 0 radical (unpaired) electrons. The molecule has 0 saturated heterocycles. The minimum Gasteiger partial charge on any atom is -0.443 e. The number of ether oxygens (including phenoxy) is 1. The topological polar surface area (TPSA) is 29.5 Å². The highest BCUT2D eigenvalue weighted by molar-refractivity contribution is 5.91. The molecule has 0 atom stereocenters. The van der Waals surface area contributed by atoms with Crippen molar-refractivity contribution in [1.29, 1.82) is 0 Å². The third-order valence-electron chi connectivity index (χ3n) is 2.94. The van der Waals surface area contributed by atoms with Gasteiger partial charge in [-0.15, -0.1) is 0 Å². The lowest BCUT2D eigenvalue weighted by molar-refractivity contribution is 0.0600. The van der Waals surface area contributed by atoms with Crippen LogP contribution < -0.4 is 4.90 Å². The van der Waals surface area contributed by atoms with E-state index >= 15 is 0 Å². The van der Waals surface area contributed by atoms with Gasteiger partial charge in [-0.05, 0) is 39.3 Å². The van der Waals surface area contributed by atoms with Crippen LogP contribution in [0.4, 0.5) is 10.5 Å². The van der Waals surface area contributed by atoms with Gasteiger partial charge in [-0.3, -0.25) is 0 Å². The summed E-state index contributed by atoms with van der Waals surface area (Å²) in [7, 11) is 0. The van der Waals surface area contributed by atoms with Crippen LogP contribution in [0.3, 0.4) is 0 Å². The minimum atomic E-state index is -0.535. The van der Waals surface area contributed by atoms with Crippen LogP contribution in [0.25, 0.3) is 0 Å². The summed E-state index contributed by atoms with van der Waals surface area (Å²) >= 11 is 0. The predicted octanol–water partition coefficient (Wildman–Crippen LogP) is 5.36. The Morgan fingerprint density at radius 1 is 1.14 bits per heavy atom. The monoisotopic (exact) mass is 301 g/mol. The van der Waals surface area contributed by atoms with Gasteiger partial charge in [-0.1, -0.05) is 50.3 Å². The number of anilines is 1. The van der Waals surface area contributed by atoms with E-state index in [2.05, 4.69) is 18.9 Å². The van der Waals surface area contributed by atoms with Crippen LogP contribution in [-0.2, 0) is 4.74 Å². The van der Waals surface area contributed by atoms with Crippen LogP contribution in [-0.4, -0.2) is 11.7 Å². The van der Waals surface area contributed by atoms with Crippen molar-refractivity contribution in [2.75, 3.05) is 4.90 Å². The van der Waals surface area contributed by atoms with Crippen molar-refractivity contribution < 1.29 is 9.53 Å². The predicted molar refractivity (Wildman–Crippen MR) is 91.7 cm³/mol. The summed E-state index contributed by atoms with van der Waals surface area (Å²) in [5, 5.41) is 0. The first-order chi connectivity index (χ1) is 10.4. The summed E-state index contributed by atoms with van der Waals surface area (Å²) in [6.07, 6.45) is 5.06. The summed E-state index contributed by atoms with van der Waals surface area (Å²) in [5.74, 6) is 3.08. The van der Waals surface area contributed by atoms with Crippen molar-refractivity contribution in [1.82, 2.24) is 0 Å². The van der Waals surface area contributed by atoms with Crippen LogP contribution in [0.2, 0.25) is 0 Å². The number of carbonyl (C=O) groups excluding carboxylic acids is 1. The van der Waals surface area contributed by atoms with E-state index in [0.29, 0.717) is 0 Å². The van der Waals surface area contributed by atoms with E-state index in [0.717, 1.165) is 18.5 Å². The average molecular weight is 301 g/mol. The normalized spacial score (nSPS) is 10.5. The zero-order valence-electron chi connectivity index (χ0n) is 14.2. The molecular weight excluding hydrogens is 274 g/mol. The van der Waals surface area contributed by atoms with Crippen molar-refractivity contribution >= 4 is 11.8 Å².